The van der Waals surface area contributed by atoms with Crippen molar-refractivity contribution in [3.63, 3.8) is 0 Å². The van der Waals surface area contributed by atoms with Gasteiger partial charge in [-0.3, -0.25) is 9.97 Å². The molecule has 0 aromatic carbocycles. The Morgan fingerprint density at radius 1 is 1.28 bits per heavy atom. The van der Waals surface area contributed by atoms with E-state index in [1.54, 1.807) is 12.4 Å². The molecular weight excluding hydrogens is 222 g/mol. The van der Waals surface area contributed by atoms with Gasteiger partial charge in [0.25, 0.3) is 0 Å². The predicted octanol–water partition coefficient (Wildman–Crippen LogP) is 3.49. The lowest BCUT2D eigenvalue weighted by molar-refractivity contribution is 0.314. The molecule has 1 aliphatic rings. The molecule has 1 atom stereocenters. The van der Waals surface area contributed by atoms with Crippen molar-refractivity contribution >= 4 is 0 Å². The Balaban J connectivity index is 1.86. The van der Waals surface area contributed by atoms with E-state index in [9.17, 15) is 0 Å². The number of hydrogen-bond acceptors (Lipinski definition) is 3. The highest BCUT2D eigenvalue weighted by Gasteiger charge is 2.17. The maximum atomic E-state index is 4.44. The summed E-state index contributed by atoms with van der Waals surface area (Å²) in [6.45, 7) is 3.15. The second kappa shape index (κ2) is 7.47. The van der Waals surface area contributed by atoms with E-state index in [0.717, 1.165) is 18.2 Å². The van der Waals surface area contributed by atoms with Gasteiger partial charge in [-0.25, -0.2) is 0 Å². The molecule has 1 aliphatic carbocycles. The minimum Gasteiger partial charge on any atom is -0.309 e. The summed E-state index contributed by atoms with van der Waals surface area (Å²) in [4.78, 5) is 8.62. The van der Waals surface area contributed by atoms with Crippen LogP contribution in [0.25, 0.3) is 0 Å². The van der Waals surface area contributed by atoms with E-state index in [4.69, 9.17) is 0 Å². The zero-order valence-corrected chi connectivity index (χ0v) is 11.4. The molecule has 1 saturated carbocycles. The molecule has 18 heavy (non-hydrogen) atoms. The van der Waals surface area contributed by atoms with Crippen LogP contribution in [0.5, 0.6) is 0 Å². The predicted molar refractivity (Wildman–Crippen MR) is 74.3 cm³/mol. The fraction of sp³-hybridized carbons (Fsp3) is 0.733. The van der Waals surface area contributed by atoms with Crippen molar-refractivity contribution in [2.45, 2.75) is 57.9 Å². The molecule has 0 amide bonds. The van der Waals surface area contributed by atoms with Gasteiger partial charge in [-0.1, -0.05) is 39.0 Å². The molecule has 3 nitrogen and oxygen atoms in total. The van der Waals surface area contributed by atoms with Crippen LogP contribution in [0.1, 0.15) is 63.6 Å². The summed E-state index contributed by atoms with van der Waals surface area (Å²) in [6, 6.07) is 0.380. The summed E-state index contributed by atoms with van der Waals surface area (Å²) in [5.74, 6) is 0.941. The summed E-state index contributed by atoms with van der Waals surface area (Å²) in [5, 5.41) is 3.54. The molecule has 0 aliphatic heterocycles. The first kappa shape index (κ1) is 13.5. The van der Waals surface area contributed by atoms with Crippen LogP contribution in [0, 0.1) is 5.92 Å². The monoisotopic (exact) mass is 247 g/mol. The molecule has 1 unspecified atom stereocenters. The molecule has 0 radical (unpaired) electrons. The van der Waals surface area contributed by atoms with Gasteiger partial charge in [-0.2, -0.15) is 0 Å². The second-order valence-corrected chi connectivity index (χ2v) is 5.32. The Morgan fingerprint density at radius 3 is 2.78 bits per heavy atom. The normalized spacial score (nSPS) is 18.7. The number of aromatic nitrogens is 2. The van der Waals surface area contributed by atoms with Crippen molar-refractivity contribution in [1.82, 2.24) is 15.3 Å². The average molecular weight is 247 g/mol. The Hall–Kier alpha value is -0.960. The van der Waals surface area contributed by atoms with Crippen molar-refractivity contribution in [1.29, 1.82) is 0 Å². The van der Waals surface area contributed by atoms with Crippen molar-refractivity contribution in [2.75, 3.05) is 6.54 Å². The zero-order valence-electron chi connectivity index (χ0n) is 11.4. The van der Waals surface area contributed by atoms with Crippen molar-refractivity contribution in [2.24, 2.45) is 5.92 Å². The van der Waals surface area contributed by atoms with Crippen LogP contribution in [0.15, 0.2) is 18.6 Å². The van der Waals surface area contributed by atoms with Gasteiger partial charge in [0, 0.05) is 18.6 Å². The van der Waals surface area contributed by atoms with Crippen LogP contribution in [0.4, 0.5) is 0 Å². The van der Waals surface area contributed by atoms with E-state index >= 15 is 0 Å². The van der Waals surface area contributed by atoms with Crippen LogP contribution >= 0.6 is 0 Å². The standard InChI is InChI=1S/C15H25N3/c1-2-17-14(15-12-16-10-11-18-15)9-8-13-6-4-3-5-7-13/h10-14,17H,2-9H2,1H3. The minimum absolute atomic E-state index is 0.380. The number of hydrogen-bond donors (Lipinski definition) is 1. The maximum Gasteiger partial charge on any atom is 0.0756 e. The lowest BCUT2D eigenvalue weighted by Gasteiger charge is -2.24. The van der Waals surface area contributed by atoms with Gasteiger partial charge < -0.3 is 5.32 Å². The van der Waals surface area contributed by atoms with Crippen LogP contribution in [-0.2, 0) is 0 Å². The summed E-state index contributed by atoms with van der Waals surface area (Å²) in [5.41, 5.74) is 1.09. The minimum atomic E-state index is 0.380. The molecule has 1 heterocycles. The Morgan fingerprint density at radius 2 is 2.11 bits per heavy atom. The lowest BCUT2D eigenvalue weighted by atomic mass is 9.85. The van der Waals surface area contributed by atoms with Crippen molar-refractivity contribution < 1.29 is 0 Å². The van der Waals surface area contributed by atoms with Gasteiger partial charge in [-0.15, -0.1) is 0 Å². The molecular formula is C15H25N3. The smallest absolute Gasteiger partial charge is 0.0756 e. The van der Waals surface area contributed by atoms with Crippen LogP contribution in [0.3, 0.4) is 0 Å². The van der Waals surface area contributed by atoms with Gasteiger partial charge in [0.05, 0.1) is 11.7 Å². The average Bonchev–Trinajstić information content (AvgIpc) is 2.45. The molecule has 3 heteroatoms. The first-order valence-corrected chi connectivity index (χ1v) is 7.39. The van der Waals surface area contributed by atoms with Gasteiger partial charge in [0.15, 0.2) is 0 Å². The second-order valence-electron chi connectivity index (χ2n) is 5.32. The molecule has 1 aromatic rings. The van der Waals surface area contributed by atoms with E-state index in [1.807, 2.05) is 6.20 Å². The van der Waals surface area contributed by atoms with E-state index in [1.165, 1.54) is 44.9 Å². The third-order valence-corrected chi connectivity index (χ3v) is 3.98. The number of rotatable bonds is 6. The lowest BCUT2D eigenvalue weighted by Crippen LogP contribution is -2.23. The van der Waals surface area contributed by atoms with Gasteiger partial charge >= 0.3 is 0 Å². The quantitative estimate of drug-likeness (QED) is 0.836. The van der Waals surface area contributed by atoms with Crippen LogP contribution in [-0.4, -0.2) is 16.5 Å². The Kier molecular flexibility index (Phi) is 5.59. The van der Waals surface area contributed by atoms with Crippen molar-refractivity contribution in [3.8, 4) is 0 Å². The van der Waals surface area contributed by atoms with E-state index in [0.29, 0.717) is 6.04 Å². The number of nitrogens with one attached hydrogen (secondary N) is 1. The molecule has 1 aromatic heterocycles. The molecule has 0 saturated heterocycles. The maximum absolute atomic E-state index is 4.44. The number of nitrogens with zero attached hydrogens (tertiary/aromatic N) is 2. The van der Waals surface area contributed by atoms with Gasteiger partial charge in [0.1, 0.15) is 0 Å². The van der Waals surface area contributed by atoms with Gasteiger partial charge in [0.2, 0.25) is 0 Å². The third kappa shape index (κ3) is 4.05. The summed E-state index contributed by atoms with van der Waals surface area (Å²) < 4.78 is 0. The largest absolute Gasteiger partial charge is 0.309 e. The molecule has 0 spiro atoms. The van der Waals surface area contributed by atoms with Gasteiger partial charge in [-0.05, 0) is 25.3 Å². The van der Waals surface area contributed by atoms with Crippen LogP contribution < -0.4 is 5.32 Å². The van der Waals surface area contributed by atoms with Crippen molar-refractivity contribution in [3.05, 3.63) is 24.3 Å². The summed E-state index contributed by atoms with van der Waals surface area (Å²) >= 11 is 0. The highest BCUT2D eigenvalue weighted by molar-refractivity contribution is 5.02. The topological polar surface area (TPSA) is 37.8 Å². The van der Waals surface area contributed by atoms with E-state index in [-0.39, 0.29) is 0 Å². The molecule has 1 fully saturated rings. The third-order valence-electron chi connectivity index (χ3n) is 3.98. The van der Waals surface area contributed by atoms with E-state index in [2.05, 4.69) is 22.2 Å². The fourth-order valence-corrected chi connectivity index (χ4v) is 2.97. The SMILES string of the molecule is CCNC(CCC1CCCCC1)c1cnccn1. The fourth-order valence-electron chi connectivity index (χ4n) is 2.97. The highest BCUT2D eigenvalue weighted by Crippen LogP contribution is 2.29. The molecule has 1 N–H and O–H groups in total. The van der Waals surface area contributed by atoms with Crippen LogP contribution in [0.2, 0.25) is 0 Å². The summed E-state index contributed by atoms with van der Waals surface area (Å²) in [6.07, 6.45) is 15.1. The molecule has 0 bridgehead atoms. The molecule has 100 valence electrons. The zero-order chi connectivity index (χ0) is 12.6. The first-order chi connectivity index (χ1) is 8.90. The Labute approximate surface area is 110 Å². The Bertz CT molecular complexity index is 320. The highest BCUT2D eigenvalue weighted by atomic mass is 14.9. The summed E-state index contributed by atoms with van der Waals surface area (Å²) in [7, 11) is 0. The van der Waals surface area contributed by atoms with E-state index < -0.39 is 0 Å². The molecule has 2 rings (SSSR count). The first-order valence-electron chi connectivity index (χ1n) is 7.39.